The summed E-state index contributed by atoms with van der Waals surface area (Å²) in [4.78, 5) is 14.6. The highest BCUT2D eigenvalue weighted by molar-refractivity contribution is 5.78. The molecule has 0 amide bonds. The molecule has 2 aliphatic rings. The van der Waals surface area contributed by atoms with Gasteiger partial charge in [-0.1, -0.05) is 30.3 Å². The van der Waals surface area contributed by atoms with E-state index in [1.807, 2.05) is 37.4 Å². The van der Waals surface area contributed by atoms with Gasteiger partial charge in [-0.2, -0.15) is 0 Å². The van der Waals surface area contributed by atoms with Crippen LogP contribution in [0.1, 0.15) is 30.7 Å². The van der Waals surface area contributed by atoms with Gasteiger partial charge in [0.15, 0.2) is 0 Å². The zero-order valence-corrected chi connectivity index (χ0v) is 12.8. The average molecular weight is 305 g/mol. The van der Waals surface area contributed by atoms with Gasteiger partial charge in [-0.3, -0.25) is 9.69 Å². The maximum atomic E-state index is 12.4. The Bertz CT molecular complexity index is 521. The first-order valence-electron chi connectivity index (χ1n) is 7.86. The van der Waals surface area contributed by atoms with Crippen LogP contribution >= 0.6 is 0 Å². The number of aliphatic hydroxyl groups is 2. The van der Waals surface area contributed by atoms with Crippen molar-refractivity contribution in [3.8, 4) is 0 Å². The summed E-state index contributed by atoms with van der Waals surface area (Å²) in [6.07, 6.45) is 1.66. The Morgan fingerprint density at radius 2 is 2.05 bits per heavy atom. The molecular formula is C17H23NO4. The van der Waals surface area contributed by atoms with Gasteiger partial charge in [-0.05, 0) is 19.0 Å². The number of nitrogens with zero attached hydrogens (tertiary/aromatic N) is 1. The molecular weight excluding hydrogens is 282 g/mol. The zero-order valence-electron chi connectivity index (χ0n) is 12.8. The molecule has 1 aromatic carbocycles. The summed E-state index contributed by atoms with van der Waals surface area (Å²) in [6, 6.07) is 9.56. The Morgan fingerprint density at radius 1 is 1.32 bits per heavy atom. The average Bonchev–Trinajstić information content (AvgIpc) is 2.68. The molecule has 2 saturated heterocycles. The number of ether oxygens (including phenoxy) is 1. The molecule has 5 heteroatoms. The van der Waals surface area contributed by atoms with E-state index in [-0.39, 0.29) is 36.9 Å². The second-order valence-corrected chi connectivity index (χ2v) is 6.37. The highest BCUT2D eigenvalue weighted by Crippen LogP contribution is 2.36. The fourth-order valence-electron chi connectivity index (χ4n) is 3.74. The predicted molar refractivity (Wildman–Crippen MR) is 81.3 cm³/mol. The van der Waals surface area contributed by atoms with Crippen LogP contribution in [-0.2, 0) is 9.53 Å². The maximum Gasteiger partial charge on any atom is 0.316 e. The van der Waals surface area contributed by atoms with Crippen molar-refractivity contribution in [2.24, 2.45) is 0 Å². The molecule has 0 aliphatic carbocycles. The topological polar surface area (TPSA) is 70.0 Å². The van der Waals surface area contributed by atoms with Gasteiger partial charge in [0.1, 0.15) is 12.0 Å². The van der Waals surface area contributed by atoms with Gasteiger partial charge >= 0.3 is 5.97 Å². The van der Waals surface area contributed by atoms with E-state index in [2.05, 4.69) is 4.90 Å². The van der Waals surface area contributed by atoms with Crippen molar-refractivity contribution in [3.63, 3.8) is 0 Å². The quantitative estimate of drug-likeness (QED) is 0.809. The standard InChI is InChI=1S/C17H23NO4/c1-18-12-7-13(9-15(18)16(20)8-12)22-17(21)14(10-19)11-5-3-2-4-6-11/h2-6,12-16,19-20H,7-10H2,1H3/t12-,13-,14-,15+,16-/m0/s1. The molecule has 2 N–H and O–H groups in total. The molecule has 0 radical (unpaired) electrons. The van der Waals surface area contributed by atoms with Crippen LogP contribution < -0.4 is 0 Å². The van der Waals surface area contributed by atoms with Crippen molar-refractivity contribution in [2.45, 2.75) is 49.5 Å². The fourth-order valence-corrected chi connectivity index (χ4v) is 3.74. The summed E-state index contributed by atoms with van der Waals surface area (Å²) in [5, 5.41) is 19.6. The molecule has 0 unspecified atom stereocenters. The molecule has 1 aromatic rings. The van der Waals surface area contributed by atoms with Crippen LogP contribution in [0.3, 0.4) is 0 Å². The second kappa shape index (κ2) is 6.36. The Labute approximate surface area is 130 Å². The normalized spacial score (nSPS) is 32.7. The Balaban J connectivity index is 1.65. The summed E-state index contributed by atoms with van der Waals surface area (Å²) < 4.78 is 5.64. The summed E-state index contributed by atoms with van der Waals surface area (Å²) in [5.74, 6) is -1.01. The van der Waals surface area contributed by atoms with E-state index in [1.54, 1.807) is 0 Å². The first-order valence-corrected chi connectivity index (χ1v) is 7.86. The van der Waals surface area contributed by atoms with Crippen molar-refractivity contribution < 1.29 is 19.7 Å². The lowest BCUT2D eigenvalue weighted by Gasteiger charge is -2.36. The number of carbonyl (C=O) groups excluding carboxylic acids is 1. The predicted octanol–water partition coefficient (Wildman–Crippen LogP) is 0.902. The number of aliphatic hydroxyl groups excluding tert-OH is 2. The largest absolute Gasteiger partial charge is 0.462 e. The fraction of sp³-hybridized carbons (Fsp3) is 0.588. The third-order valence-electron chi connectivity index (χ3n) is 5.05. The minimum Gasteiger partial charge on any atom is -0.462 e. The van der Waals surface area contributed by atoms with E-state index in [0.29, 0.717) is 6.42 Å². The third kappa shape index (κ3) is 2.89. The van der Waals surface area contributed by atoms with E-state index in [9.17, 15) is 15.0 Å². The van der Waals surface area contributed by atoms with Crippen LogP contribution in [0, 0.1) is 0 Å². The molecule has 0 spiro atoms. The van der Waals surface area contributed by atoms with Crippen LogP contribution in [0.15, 0.2) is 30.3 Å². The lowest BCUT2D eigenvalue weighted by molar-refractivity contribution is -0.155. The Morgan fingerprint density at radius 3 is 2.68 bits per heavy atom. The van der Waals surface area contributed by atoms with E-state index >= 15 is 0 Å². The number of rotatable bonds is 4. The van der Waals surface area contributed by atoms with Crippen molar-refractivity contribution in [2.75, 3.05) is 13.7 Å². The molecule has 0 aromatic heterocycles. The number of hydrogen-bond acceptors (Lipinski definition) is 5. The molecule has 5 nitrogen and oxygen atoms in total. The third-order valence-corrected chi connectivity index (χ3v) is 5.05. The van der Waals surface area contributed by atoms with Gasteiger partial charge in [0, 0.05) is 24.9 Å². The van der Waals surface area contributed by atoms with Crippen molar-refractivity contribution in [3.05, 3.63) is 35.9 Å². The van der Waals surface area contributed by atoms with Crippen molar-refractivity contribution in [1.29, 1.82) is 0 Å². The number of piperidine rings is 1. The van der Waals surface area contributed by atoms with Crippen LogP contribution in [0.5, 0.6) is 0 Å². The number of benzene rings is 1. The van der Waals surface area contributed by atoms with E-state index in [0.717, 1.165) is 18.4 Å². The van der Waals surface area contributed by atoms with Gasteiger partial charge in [-0.15, -0.1) is 0 Å². The number of esters is 1. The first-order chi connectivity index (χ1) is 10.6. The van der Waals surface area contributed by atoms with Crippen LogP contribution in [0.2, 0.25) is 0 Å². The maximum absolute atomic E-state index is 12.4. The summed E-state index contributed by atoms with van der Waals surface area (Å²) in [7, 11) is 2.02. The summed E-state index contributed by atoms with van der Waals surface area (Å²) >= 11 is 0. The summed E-state index contributed by atoms with van der Waals surface area (Å²) in [5.41, 5.74) is 0.769. The first kappa shape index (κ1) is 15.5. The van der Waals surface area contributed by atoms with Crippen LogP contribution in [0.4, 0.5) is 0 Å². The zero-order chi connectivity index (χ0) is 15.7. The Hall–Kier alpha value is -1.43. The van der Waals surface area contributed by atoms with Crippen molar-refractivity contribution >= 4 is 5.97 Å². The Kier molecular flexibility index (Phi) is 4.47. The molecule has 5 atom stereocenters. The molecule has 2 aliphatic heterocycles. The van der Waals surface area contributed by atoms with E-state index < -0.39 is 5.92 Å². The van der Waals surface area contributed by atoms with Crippen LogP contribution in [0.25, 0.3) is 0 Å². The molecule has 0 saturated carbocycles. The highest BCUT2D eigenvalue weighted by Gasteiger charge is 2.45. The van der Waals surface area contributed by atoms with Gasteiger partial charge in [0.2, 0.25) is 0 Å². The van der Waals surface area contributed by atoms with Gasteiger partial charge in [0.25, 0.3) is 0 Å². The van der Waals surface area contributed by atoms with Gasteiger partial charge in [0.05, 0.1) is 12.7 Å². The number of hydrogen-bond donors (Lipinski definition) is 2. The number of likely N-dealkylation sites (N-methyl/N-ethyl adjacent to an activating group) is 1. The highest BCUT2D eigenvalue weighted by atomic mass is 16.5. The minimum absolute atomic E-state index is 0.0702. The molecule has 120 valence electrons. The lowest BCUT2D eigenvalue weighted by atomic mass is 9.98. The lowest BCUT2D eigenvalue weighted by Crippen LogP contribution is -2.45. The molecule has 2 bridgehead atoms. The van der Waals surface area contributed by atoms with Crippen molar-refractivity contribution in [1.82, 2.24) is 4.90 Å². The second-order valence-electron chi connectivity index (χ2n) is 6.37. The molecule has 2 fully saturated rings. The molecule has 22 heavy (non-hydrogen) atoms. The SMILES string of the molecule is CN1[C@H]2C[C@H](OC(=O)[C@@H](CO)c3ccccc3)C[C@@H]1[C@@H](O)C2. The summed E-state index contributed by atoms with van der Waals surface area (Å²) in [6.45, 7) is -0.259. The van der Waals surface area contributed by atoms with Crippen LogP contribution in [-0.4, -0.2) is 59.0 Å². The van der Waals surface area contributed by atoms with E-state index in [4.69, 9.17) is 4.74 Å². The van der Waals surface area contributed by atoms with Gasteiger partial charge < -0.3 is 14.9 Å². The molecule has 3 rings (SSSR count). The smallest absolute Gasteiger partial charge is 0.316 e. The number of carbonyl (C=O) groups is 1. The van der Waals surface area contributed by atoms with E-state index in [1.165, 1.54) is 0 Å². The number of fused-ring (bicyclic) bond motifs is 2. The molecule has 2 heterocycles. The monoisotopic (exact) mass is 305 g/mol. The minimum atomic E-state index is -0.636. The van der Waals surface area contributed by atoms with Gasteiger partial charge in [-0.25, -0.2) is 0 Å².